The van der Waals surface area contributed by atoms with Gasteiger partial charge >= 0.3 is 0 Å². The van der Waals surface area contributed by atoms with Crippen molar-refractivity contribution in [1.82, 2.24) is 5.32 Å². The second-order valence-corrected chi connectivity index (χ2v) is 7.51. The summed E-state index contributed by atoms with van der Waals surface area (Å²) in [5, 5.41) is 3.04. The zero-order chi connectivity index (χ0) is 17.5. The fourth-order valence-corrected chi connectivity index (χ4v) is 3.06. The summed E-state index contributed by atoms with van der Waals surface area (Å²) in [4.78, 5) is 13.6. The molecule has 0 aromatic heterocycles. The monoisotopic (exact) mass is 341 g/mol. The van der Waals surface area contributed by atoms with Crippen molar-refractivity contribution in [3.63, 3.8) is 0 Å². The van der Waals surface area contributed by atoms with E-state index in [1.54, 1.807) is 11.8 Å². The van der Waals surface area contributed by atoms with Crippen molar-refractivity contribution in [2.24, 2.45) is 5.92 Å². The third-order valence-corrected chi connectivity index (χ3v) is 4.89. The Balaban J connectivity index is 1.91. The highest BCUT2D eigenvalue weighted by atomic mass is 32.2. The van der Waals surface area contributed by atoms with Crippen LogP contribution < -0.4 is 5.32 Å². The van der Waals surface area contributed by atoms with E-state index < -0.39 is 0 Å². The van der Waals surface area contributed by atoms with Crippen molar-refractivity contribution >= 4 is 17.7 Å². The van der Waals surface area contributed by atoms with E-state index >= 15 is 0 Å². The number of rotatable bonds is 7. The number of carbonyl (C=O) groups excluding carboxylic acids is 1. The van der Waals surface area contributed by atoms with E-state index in [1.807, 2.05) is 6.92 Å². The van der Waals surface area contributed by atoms with Gasteiger partial charge in [0.2, 0.25) is 5.91 Å². The average Bonchev–Trinajstić information content (AvgIpc) is 2.59. The average molecular weight is 342 g/mol. The number of benzene rings is 2. The van der Waals surface area contributed by atoms with E-state index in [1.165, 1.54) is 10.5 Å². The van der Waals surface area contributed by atoms with Crippen LogP contribution in [0.1, 0.15) is 43.4 Å². The molecular formula is C21H27NOS. The van der Waals surface area contributed by atoms with E-state index in [-0.39, 0.29) is 11.8 Å². The highest BCUT2D eigenvalue weighted by Gasteiger charge is 2.14. The Morgan fingerprint density at radius 3 is 2.08 bits per heavy atom. The van der Waals surface area contributed by atoms with Crippen LogP contribution in [0.25, 0.3) is 0 Å². The van der Waals surface area contributed by atoms with Crippen molar-refractivity contribution in [1.29, 1.82) is 0 Å². The van der Waals surface area contributed by atoms with Gasteiger partial charge in [-0.3, -0.25) is 4.79 Å². The number of hydrogen-bond acceptors (Lipinski definition) is 2. The van der Waals surface area contributed by atoms with Crippen LogP contribution in [0.3, 0.4) is 0 Å². The molecule has 0 radical (unpaired) electrons. The van der Waals surface area contributed by atoms with E-state index in [0.717, 1.165) is 17.5 Å². The Morgan fingerprint density at radius 1 is 0.958 bits per heavy atom. The minimum absolute atomic E-state index is 0.0700. The summed E-state index contributed by atoms with van der Waals surface area (Å²) < 4.78 is 0. The fraction of sp³-hybridized carbons (Fsp3) is 0.381. The Labute approximate surface area is 150 Å². The van der Waals surface area contributed by atoms with Gasteiger partial charge in [-0.2, -0.15) is 0 Å². The van der Waals surface area contributed by atoms with Gasteiger partial charge in [0.1, 0.15) is 0 Å². The van der Waals surface area contributed by atoms with Gasteiger partial charge in [-0.25, -0.2) is 0 Å². The summed E-state index contributed by atoms with van der Waals surface area (Å²) in [7, 11) is 0. The maximum Gasteiger partial charge on any atom is 0.227 e. The molecule has 0 spiro atoms. The summed E-state index contributed by atoms with van der Waals surface area (Å²) in [5.41, 5.74) is 3.52. The minimum atomic E-state index is -0.136. The van der Waals surface area contributed by atoms with Crippen LogP contribution >= 0.6 is 11.8 Å². The lowest BCUT2D eigenvalue weighted by molar-refractivity contribution is -0.122. The molecule has 24 heavy (non-hydrogen) atoms. The Morgan fingerprint density at radius 2 is 1.54 bits per heavy atom. The first-order chi connectivity index (χ1) is 11.5. The summed E-state index contributed by atoms with van der Waals surface area (Å²) in [6.45, 7) is 6.97. The lowest BCUT2D eigenvalue weighted by Crippen LogP contribution is -2.27. The van der Waals surface area contributed by atoms with Crippen LogP contribution in [0.5, 0.6) is 0 Å². The van der Waals surface area contributed by atoms with Gasteiger partial charge in [-0.05, 0) is 54.3 Å². The lowest BCUT2D eigenvalue weighted by atomic mass is 9.96. The van der Waals surface area contributed by atoms with Crippen molar-refractivity contribution in [2.45, 2.75) is 44.6 Å². The molecular weight excluding hydrogens is 314 g/mol. The van der Waals surface area contributed by atoms with Crippen LogP contribution in [-0.2, 0) is 17.8 Å². The van der Waals surface area contributed by atoms with Gasteiger partial charge in [0, 0.05) is 11.4 Å². The molecule has 0 bridgehead atoms. The molecule has 0 heterocycles. The second kappa shape index (κ2) is 8.93. The highest BCUT2D eigenvalue weighted by Crippen LogP contribution is 2.18. The Bertz CT molecular complexity index is 647. The predicted molar refractivity (Wildman–Crippen MR) is 103 cm³/mol. The number of nitrogens with one attached hydrogen (secondary N) is 1. The molecule has 0 saturated heterocycles. The summed E-state index contributed by atoms with van der Waals surface area (Å²) in [6, 6.07) is 16.7. The van der Waals surface area contributed by atoms with Crippen molar-refractivity contribution in [2.75, 3.05) is 6.26 Å². The standard InChI is InChI=1S/C21H27NOS/c1-15(2)13-17-5-9-19(10-6-17)16(3)21(23)22-14-18-7-11-20(24-4)12-8-18/h5-12,15-16H,13-14H2,1-4H3,(H,22,23). The minimum Gasteiger partial charge on any atom is -0.352 e. The molecule has 2 aromatic rings. The van der Waals surface area contributed by atoms with Gasteiger partial charge in [-0.1, -0.05) is 50.2 Å². The van der Waals surface area contributed by atoms with Gasteiger partial charge in [0.15, 0.2) is 0 Å². The maximum atomic E-state index is 12.4. The third-order valence-electron chi connectivity index (χ3n) is 4.14. The Kier molecular flexibility index (Phi) is 6.92. The normalized spacial score (nSPS) is 12.2. The van der Waals surface area contributed by atoms with Crippen LogP contribution in [0, 0.1) is 5.92 Å². The number of hydrogen-bond donors (Lipinski definition) is 1. The first-order valence-corrected chi connectivity index (χ1v) is 9.71. The molecule has 0 saturated carbocycles. The third kappa shape index (κ3) is 5.41. The summed E-state index contributed by atoms with van der Waals surface area (Å²) >= 11 is 1.72. The van der Waals surface area contributed by atoms with Gasteiger partial charge in [-0.15, -0.1) is 11.8 Å². The van der Waals surface area contributed by atoms with Crippen molar-refractivity contribution in [3.8, 4) is 0 Å². The molecule has 0 aliphatic rings. The second-order valence-electron chi connectivity index (χ2n) is 6.63. The van der Waals surface area contributed by atoms with Crippen LogP contribution in [0.2, 0.25) is 0 Å². The quantitative estimate of drug-likeness (QED) is 0.716. The number of thioether (sulfide) groups is 1. The highest BCUT2D eigenvalue weighted by molar-refractivity contribution is 7.98. The van der Waals surface area contributed by atoms with Crippen LogP contribution in [0.4, 0.5) is 0 Å². The first-order valence-electron chi connectivity index (χ1n) is 8.49. The molecule has 2 nitrogen and oxygen atoms in total. The molecule has 3 heteroatoms. The van der Waals surface area contributed by atoms with E-state index in [4.69, 9.17) is 0 Å². The van der Waals surface area contributed by atoms with Gasteiger partial charge < -0.3 is 5.32 Å². The fourth-order valence-electron chi connectivity index (χ4n) is 2.65. The van der Waals surface area contributed by atoms with Gasteiger partial charge in [0.25, 0.3) is 0 Å². The zero-order valence-corrected chi connectivity index (χ0v) is 15.8. The molecule has 0 aliphatic carbocycles. The van der Waals surface area contributed by atoms with Crippen molar-refractivity contribution in [3.05, 3.63) is 65.2 Å². The summed E-state index contributed by atoms with van der Waals surface area (Å²) in [5.74, 6) is 0.582. The molecule has 0 fully saturated rings. The molecule has 1 atom stereocenters. The SMILES string of the molecule is CSc1ccc(CNC(=O)C(C)c2ccc(CC(C)C)cc2)cc1. The molecule has 0 aliphatic heterocycles. The van der Waals surface area contributed by atoms with Crippen molar-refractivity contribution < 1.29 is 4.79 Å². The molecule has 128 valence electrons. The van der Waals surface area contributed by atoms with E-state index in [0.29, 0.717) is 12.5 Å². The molecule has 1 unspecified atom stereocenters. The number of carbonyl (C=O) groups is 1. The molecule has 1 amide bonds. The predicted octanol–water partition coefficient (Wildman–Crippen LogP) is 5.03. The maximum absolute atomic E-state index is 12.4. The molecule has 2 aromatic carbocycles. The van der Waals surface area contributed by atoms with E-state index in [9.17, 15) is 4.79 Å². The summed E-state index contributed by atoms with van der Waals surface area (Å²) in [6.07, 6.45) is 3.14. The first kappa shape index (κ1) is 18.6. The van der Waals surface area contributed by atoms with Crippen LogP contribution in [-0.4, -0.2) is 12.2 Å². The number of amides is 1. The van der Waals surface area contributed by atoms with Crippen LogP contribution in [0.15, 0.2) is 53.4 Å². The largest absolute Gasteiger partial charge is 0.352 e. The van der Waals surface area contributed by atoms with E-state index in [2.05, 4.69) is 74.0 Å². The smallest absolute Gasteiger partial charge is 0.227 e. The molecule has 1 N–H and O–H groups in total. The molecule has 2 rings (SSSR count). The zero-order valence-electron chi connectivity index (χ0n) is 15.0. The topological polar surface area (TPSA) is 29.1 Å². The Hall–Kier alpha value is -1.74. The lowest BCUT2D eigenvalue weighted by Gasteiger charge is -2.14. The van der Waals surface area contributed by atoms with Gasteiger partial charge in [0.05, 0.1) is 5.92 Å².